The van der Waals surface area contributed by atoms with Crippen molar-refractivity contribution in [1.29, 1.82) is 0 Å². The van der Waals surface area contributed by atoms with Gasteiger partial charge in [-0.1, -0.05) is 11.6 Å². The van der Waals surface area contributed by atoms with Crippen LogP contribution in [0.3, 0.4) is 0 Å². The Bertz CT molecular complexity index is 795. The van der Waals surface area contributed by atoms with E-state index in [2.05, 4.69) is 0 Å². The van der Waals surface area contributed by atoms with E-state index >= 15 is 0 Å². The molecule has 1 aliphatic carbocycles. The molecule has 0 fully saturated rings. The van der Waals surface area contributed by atoms with E-state index in [-0.39, 0.29) is 40.7 Å². The molecule has 0 saturated carbocycles. The van der Waals surface area contributed by atoms with Crippen LogP contribution in [0.1, 0.15) is 65.8 Å². The number of hydrogen-bond donors (Lipinski definition) is 1. The summed E-state index contributed by atoms with van der Waals surface area (Å²) in [5, 5.41) is 10.3. The van der Waals surface area contributed by atoms with Crippen LogP contribution < -0.4 is 4.74 Å². The minimum atomic E-state index is -0.440. The summed E-state index contributed by atoms with van der Waals surface area (Å²) in [5.41, 5.74) is 1.68. The van der Waals surface area contributed by atoms with Gasteiger partial charge in [0.25, 0.3) is 0 Å². The number of rotatable bonds is 6. The Kier molecular flexibility index (Phi) is 5.57. The largest absolute Gasteiger partial charge is 0.507 e. The maximum atomic E-state index is 12.3. The maximum absolute atomic E-state index is 12.3. The number of ether oxygens (including phenoxy) is 1. The van der Waals surface area contributed by atoms with Crippen molar-refractivity contribution in [3.05, 3.63) is 46.6 Å². The summed E-state index contributed by atoms with van der Waals surface area (Å²) < 4.78 is 5.44. The first-order valence-electron chi connectivity index (χ1n) is 8.09. The number of hydrogen-bond acceptors (Lipinski definition) is 5. The number of Topliss-reactive ketones (excluding diaryl/α,β-unsaturated/α-hetero) is 1. The molecule has 1 aromatic rings. The first-order valence-corrected chi connectivity index (χ1v) is 8.09. The highest BCUT2D eigenvalue weighted by Gasteiger charge is 2.31. The van der Waals surface area contributed by atoms with Crippen molar-refractivity contribution in [2.75, 3.05) is 7.11 Å². The molecule has 132 valence electrons. The average Bonchev–Trinajstić information content (AvgIpc) is 2.53. The number of phenols is 1. The second-order valence-electron chi connectivity index (χ2n) is 6.45. The van der Waals surface area contributed by atoms with Gasteiger partial charge in [0.2, 0.25) is 0 Å². The third-order valence-corrected chi connectivity index (χ3v) is 4.15. The fraction of sp³-hybridized carbons (Fsp3) is 0.350. The Morgan fingerprint density at radius 1 is 1.16 bits per heavy atom. The molecule has 0 saturated heterocycles. The molecule has 0 unspecified atom stereocenters. The fourth-order valence-corrected chi connectivity index (χ4v) is 3.04. The molecule has 1 aromatic carbocycles. The van der Waals surface area contributed by atoms with Crippen LogP contribution in [0.15, 0.2) is 29.9 Å². The molecule has 0 radical (unpaired) electrons. The van der Waals surface area contributed by atoms with Crippen LogP contribution >= 0.6 is 0 Å². The van der Waals surface area contributed by atoms with Gasteiger partial charge in [-0.05, 0) is 51.3 Å². The van der Waals surface area contributed by atoms with Gasteiger partial charge in [-0.25, -0.2) is 0 Å². The van der Waals surface area contributed by atoms with Gasteiger partial charge in [0.15, 0.2) is 11.6 Å². The number of ketones is 3. The van der Waals surface area contributed by atoms with E-state index in [9.17, 15) is 19.5 Å². The summed E-state index contributed by atoms with van der Waals surface area (Å²) in [7, 11) is 1.41. The molecule has 0 amide bonds. The number of methoxy groups -OCH3 is 1. The van der Waals surface area contributed by atoms with Crippen molar-refractivity contribution >= 4 is 17.3 Å². The summed E-state index contributed by atoms with van der Waals surface area (Å²) in [6.45, 7) is 5.41. The van der Waals surface area contributed by atoms with E-state index < -0.39 is 11.6 Å². The standard InChI is InChI=1S/C20H22O5/c1-11(2)5-6-13(9-12(3)21)14-10-17(24)18-15(22)7-8-16(23)19(18)20(14)25-4/h5,7-8,10,13,24H,6,9H2,1-4H3/t13-/m0/s1. The molecular weight excluding hydrogens is 320 g/mol. The molecule has 2 rings (SSSR count). The Hall–Kier alpha value is -2.69. The first-order chi connectivity index (χ1) is 11.8. The monoisotopic (exact) mass is 342 g/mol. The van der Waals surface area contributed by atoms with Crippen LogP contribution in [0.4, 0.5) is 0 Å². The molecule has 0 aliphatic heterocycles. The van der Waals surface area contributed by atoms with Gasteiger partial charge in [-0.15, -0.1) is 0 Å². The summed E-state index contributed by atoms with van der Waals surface area (Å²) in [4.78, 5) is 36.1. The van der Waals surface area contributed by atoms with Gasteiger partial charge in [0.1, 0.15) is 17.3 Å². The summed E-state index contributed by atoms with van der Waals surface area (Å²) in [6, 6.07) is 1.44. The van der Waals surface area contributed by atoms with Crippen LogP contribution in [0.5, 0.6) is 11.5 Å². The predicted molar refractivity (Wildman–Crippen MR) is 94.5 cm³/mol. The summed E-state index contributed by atoms with van der Waals surface area (Å²) in [5.74, 6) is -1.11. The molecule has 0 heterocycles. The number of phenolic OH excluding ortho intramolecular Hbond substituents is 1. The molecule has 25 heavy (non-hydrogen) atoms. The number of allylic oxidation sites excluding steroid dienone is 4. The second kappa shape index (κ2) is 7.47. The first kappa shape index (κ1) is 18.6. The summed E-state index contributed by atoms with van der Waals surface area (Å²) in [6.07, 6.45) is 5.12. The minimum absolute atomic E-state index is 0.00582. The van der Waals surface area contributed by atoms with Gasteiger partial charge in [-0.2, -0.15) is 0 Å². The van der Waals surface area contributed by atoms with E-state index in [0.29, 0.717) is 12.0 Å². The zero-order chi connectivity index (χ0) is 18.7. The number of carbonyl (C=O) groups excluding carboxylic acids is 3. The van der Waals surface area contributed by atoms with Gasteiger partial charge in [-0.3, -0.25) is 9.59 Å². The highest BCUT2D eigenvalue weighted by molar-refractivity contribution is 6.24. The predicted octanol–water partition coefficient (Wildman–Crippen LogP) is 3.76. The molecule has 0 aromatic heterocycles. The lowest BCUT2D eigenvalue weighted by Gasteiger charge is -2.23. The second-order valence-corrected chi connectivity index (χ2v) is 6.45. The molecule has 1 N–H and O–H groups in total. The van der Waals surface area contributed by atoms with Gasteiger partial charge in [0.05, 0.1) is 18.2 Å². The van der Waals surface area contributed by atoms with Crippen LogP contribution in [0.2, 0.25) is 0 Å². The SMILES string of the molecule is COc1c([C@@H](CC=C(C)C)CC(C)=O)cc(O)c2c1C(=O)C=CC2=O. The Balaban J connectivity index is 2.67. The third kappa shape index (κ3) is 3.87. The van der Waals surface area contributed by atoms with Gasteiger partial charge < -0.3 is 14.6 Å². The Morgan fingerprint density at radius 2 is 1.76 bits per heavy atom. The number of fused-ring (bicyclic) bond motifs is 1. The maximum Gasteiger partial charge on any atom is 0.190 e. The molecular formula is C20H22O5. The van der Waals surface area contributed by atoms with Crippen molar-refractivity contribution in [3.63, 3.8) is 0 Å². The van der Waals surface area contributed by atoms with Crippen LogP contribution in [-0.4, -0.2) is 29.6 Å². The Labute approximate surface area is 147 Å². The van der Waals surface area contributed by atoms with E-state index in [1.54, 1.807) is 0 Å². The normalized spacial score (nSPS) is 14.1. The lowest BCUT2D eigenvalue weighted by atomic mass is 9.84. The highest BCUT2D eigenvalue weighted by atomic mass is 16.5. The van der Waals surface area contributed by atoms with E-state index in [1.165, 1.54) is 26.2 Å². The van der Waals surface area contributed by atoms with Crippen molar-refractivity contribution in [3.8, 4) is 11.5 Å². The third-order valence-electron chi connectivity index (χ3n) is 4.15. The van der Waals surface area contributed by atoms with Crippen LogP contribution in [-0.2, 0) is 4.79 Å². The van der Waals surface area contributed by atoms with Crippen LogP contribution in [0.25, 0.3) is 0 Å². The number of benzene rings is 1. The molecule has 5 heteroatoms. The highest BCUT2D eigenvalue weighted by Crippen LogP contribution is 2.42. The Morgan fingerprint density at radius 3 is 2.28 bits per heavy atom. The summed E-state index contributed by atoms with van der Waals surface area (Å²) >= 11 is 0. The molecule has 1 aliphatic rings. The van der Waals surface area contributed by atoms with E-state index in [1.807, 2.05) is 19.9 Å². The smallest absolute Gasteiger partial charge is 0.190 e. The molecule has 0 bridgehead atoms. The fourth-order valence-electron chi connectivity index (χ4n) is 3.04. The zero-order valence-electron chi connectivity index (χ0n) is 14.9. The molecule has 0 spiro atoms. The van der Waals surface area contributed by atoms with Crippen molar-refractivity contribution in [1.82, 2.24) is 0 Å². The zero-order valence-corrected chi connectivity index (χ0v) is 14.9. The molecule has 1 atom stereocenters. The molecule has 5 nitrogen and oxygen atoms in total. The number of aromatic hydroxyl groups is 1. The van der Waals surface area contributed by atoms with E-state index in [0.717, 1.165) is 11.6 Å². The van der Waals surface area contributed by atoms with Gasteiger partial charge in [0, 0.05) is 12.0 Å². The number of carbonyl (C=O) groups is 3. The minimum Gasteiger partial charge on any atom is -0.507 e. The van der Waals surface area contributed by atoms with Gasteiger partial charge >= 0.3 is 0 Å². The van der Waals surface area contributed by atoms with Crippen molar-refractivity contribution in [2.45, 2.75) is 39.5 Å². The lowest BCUT2D eigenvalue weighted by molar-refractivity contribution is -0.117. The van der Waals surface area contributed by atoms with Crippen molar-refractivity contribution < 1.29 is 24.2 Å². The quantitative estimate of drug-likeness (QED) is 0.796. The van der Waals surface area contributed by atoms with E-state index in [4.69, 9.17) is 4.74 Å². The lowest BCUT2D eigenvalue weighted by Crippen LogP contribution is -2.16. The average molecular weight is 342 g/mol. The topological polar surface area (TPSA) is 80.7 Å². The van der Waals surface area contributed by atoms with Crippen molar-refractivity contribution in [2.24, 2.45) is 0 Å². The van der Waals surface area contributed by atoms with Crippen LogP contribution in [0, 0.1) is 0 Å².